The molecule has 15 heavy (non-hydrogen) atoms. The highest BCUT2D eigenvalue weighted by atomic mass is 16.3. The molecule has 0 fully saturated rings. The van der Waals surface area contributed by atoms with E-state index < -0.39 is 0 Å². The first kappa shape index (κ1) is 10.5. The quantitative estimate of drug-likeness (QED) is 0.799. The van der Waals surface area contributed by atoms with Gasteiger partial charge in [-0.2, -0.15) is 0 Å². The van der Waals surface area contributed by atoms with Crippen LogP contribution in [-0.4, -0.2) is 24.8 Å². The molecule has 1 N–H and O–H groups in total. The van der Waals surface area contributed by atoms with Gasteiger partial charge in [0.2, 0.25) is 0 Å². The van der Waals surface area contributed by atoms with Crippen molar-refractivity contribution < 1.29 is 5.11 Å². The molecule has 2 atom stereocenters. The van der Waals surface area contributed by atoms with E-state index in [1.807, 2.05) is 6.92 Å². The lowest BCUT2D eigenvalue weighted by atomic mass is 9.98. The summed E-state index contributed by atoms with van der Waals surface area (Å²) in [6.45, 7) is 5.19. The van der Waals surface area contributed by atoms with Crippen LogP contribution in [0.25, 0.3) is 0 Å². The molecule has 1 heterocycles. The Labute approximate surface area is 91.5 Å². The summed E-state index contributed by atoms with van der Waals surface area (Å²) in [5, 5.41) is 9.47. The van der Waals surface area contributed by atoms with Gasteiger partial charge in [0.1, 0.15) is 0 Å². The van der Waals surface area contributed by atoms with Gasteiger partial charge in [0.05, 0.1) is 6.10 Å². The second-order valence-electron chi connectivity index (χ2n) is 4.69. The lowest BCUT2D eigenvalue weighted by Crippen LogP contribution is -2.16. The Morgan fingerprint density at radius 2 is 2.27 bits per heavy atom. The van der Waals surface area contributed by atoms with E-state index in [2.05, 4.69) is 37.1 Å². The number of fused-ring (bicyclic) bond motifs is 1. The monoisotopic (exact) mass is 205 g/mol. The molecule has 0 saturated carbocycles. The lowest BCUT2D eigenvalue weighted by Gasteiger charge is -2.17. The van der Waals surface area contributed by atoms with E-state index in [1.165, 1.54) is 16.8 Å². The van der Waals surface area contributed by atoms with Crippen LogP contribution in [0.5, 0.6) is 0 Å². The summed E-state index contributed by atoms with van der Waals surface area (Å²) in [5.41, 5.74) is 4.04. The zero-order valence-electron chi connectivity index (χ0n) is 9.70. The average molecular weight is 205 g/mol. The molecule has 1 aromatic carbocycles. The molecule has 0 spiro atoms. The maximum absolute atomic E-state index is 9.47. The fourth-order valence-corrected chi connectivity index (χ4v) is 2.56. The third kappa shape index (κ3) is 1.86. The number of rotatable bonds is 2. The van der Waals surface area contributed by atoms with Crippen LogP contribution in [0.15, 0.2) is 18.2 Å². The minimum Gasteiger partial charge on any atom is -0.393 e. The normalized spacial score (nSPS) is 21.6. The number of hydrogen-bond acceptors (Lipinski definition) is 2. The van der Waals surface area contributed by atoms with Gasteiger partial charge in [-0.25, -0.2) is 0 Å². The van der Waals surface area contributed by atoms with Crippen LogP contribution in [0.1, 0.15) is 30.9 Å². The largest absolute Gasteiger partial charge is 0.393 e. The molecule has 1 aliphatic heterocycles. The minimum atomic E-state index is -0.263. The van der Waals surface area contributed by atoms with Gasteiger partial charge in [0.15, 0.2) is 0 Å². The average Bonchev–Trinajstić information content (AvgIpc) is 2.43. The molecular weight excluding hydrogens is 186 g/mol. The number of aliphatic hydroxyl groups excluding tert-OH is 1. The first-order valence-electron chi connectivity index (χ1n) is 5.60. The van der Waals surface area contributed by atoms with Crippen molar-refractivity contribution in [2.45, 2.75) is 32.3 Å². The molecule has 2 rings (SSSR count). The van der Waals surface area contributed by atoms with Crippen molar-refractivity contribution in [2.24, 2.45) is 0 Å². The lowest BCUT2D eigenvalue weighted by molar-refractivity contribution is 0.195. The van der Waals surface area contributed by atoms with E-state index in [-0.39, 0.29) is 6.10 Å². The first-order chi connectivity index (χ1) is 7.09. The molecule has 2 nitrogen and oxygen atoms in total. The summed E-state index contributed by atoms with van der Waals surface area (Å²) in [5.74, 6) is 0.610. The van der Waals surface area contributed by atoms with Gasteiger partial charge in [-0.05, 0) is 18.1 Å². The molecule has 2 unspecified atom stereocenters. The standard InChI is InChI=1S/C13H19NO/c1-9-8-14(3)13-11(7-10(2)15)5-4-6-12(9)13/h4-6,9-10,15H,7-8H2,1-3H3. The fraction of sp³-hybridized carbons (Fsp3) is 0.538. The van der Waals surface area contributed by atoms with E-state index >= 15 is 0 Å². The molecule has 1 aromatic rings. The summed E-state index contributed by atoms with van der Waals surface area (Å²) in [4.78, 5) is 2.30. The smallest absolute Gasteiger partial charge is 0.0553 e. The molecule has 0 aromatic heterocycles. The summed E-state index contributed by atoms with van der Waals surface area (Å²) < 4.78 is 0. The molecule has 2 heteroatoms. The molecule has 0 bridgehead atoms. The molecule has 1 aliphatic rings. The Balaban J connectivity index is 2.41. The third-order valence-electron chi connectivity index (χ3n) is 3.13. The Hall–Kier alpha value is -1.02. The van der Waals surface area contributed by atoms with Crippen molar-refractivity contribution in [3.05, 3.63) is 29.3 Å². The van der Waals surface area contributed by atoms with Crippen LogP contribution in [0.4, 0.5) is 5.69 Å². The Morgan fingerprint density at radius 3 is 2.93 bits per heavy atom. The van der Waals surface area contributed by atoms with E-state index in [0.29, 0.717) is 5.92 Å². The highest BCUT2D eigenvalue weighted by molar-refractivity contribution is 5.64. The maximum atomic E-state index is 9.47. The first-order valence-corrected chi connectivity index (χ1v) is 5.60. The molecular formula is C13H19NO. The van der Waals surface area contributed by atoms with Crippen LogP contribution in [0.3, 0.4) is 0 Å². The van der Waals surface area contributed by atoms with Gasteiger partial charge in [0, 0.05) is 31.6 Å². The molecule has 0 aliphatic carbocycles. The zero-order valence-corrected chi connectivity index (χ0v) is 9.70. The van der Waals surface area contributed by atoms with Crippen LogP contribution < -0.4 is 4.90 Å². The van der Waals surface area contributed by atoms with Gasteiger partial charge in [-0.3, -0.25) is 0 Å². The third-order valence-corrected chi connectivity index (χ3v) is 3.13. The van der Waals surface area contributed by atoms with Crippen LogP contribution in [0.2, 0.25) is 0 Å². The van der Waals surface area contributed by atoms with Crippen LogP contribution in [-0.2, 0) is 6.42 Å². The van der Waals surface area contributed by atoms with Crippen molar-refractivity contribution in [3.8, 4) is 0 Å². The predicted octanol–water partition coefficient (Wildman–Crippen LogP) is 2.16. The molecule has 82 valence electrons. The minimum absolute atomic E-state index is 0.263. The molecule has 0 radical (unpaired) electrons. The van der Waals surface area contributed by atoms with Gasteiger partial charge in [0.25, 0.3) is 0 Å². The number of nitrogens with zero attached hydrogens (tertiary/aromatic N) is 1. The summed E-state index contributed by atoms with van der Waals surface area (Å²) in [6, 6.07) is 6.43. The summed E-state index contributed by atoms with van der Waals surface area (Å²) in [6.07, 6.45) is 0.487. The second-order valence-corrected chi connectivity index (χ2v) is 4.69. The number of anilines is 1. The number of aliphatic hydroxyl groups is 1. The van der Waals surface area contributed by atoms with E-state index in [1.54, 1.807) is 0 Å². The highest BCUT2D eigenvalue weighted by Gasteiger charge is 2.25. The number of likely N-dealkylation sites (N-methyl/N-ethyl adjacent to an activating group) is 1. The van der Waals surface area contributed by atoms with Crippen molar-refractivity contribution in [2.75, 3.05) is 18.5 Å². The van der Waals surface area contributed by atoms with Crippen molar-refractivity contribution in [1.82, 2.24) is 0 Å². The Morgan fingerprint density at radius 1 is 1.53 bits per heavy atom. The van der Waals surface area contributed by atoms with E-state index in [0.717, 1.165) is 13.0 Å². The summed E-state index contributed by atoms with van der Waals surface area (Å²) in [7, 11) is 2.13. The maximum Gasteiger partial charge on any atom is 0.0553 e. The van der Waals surface area contributed by atoms with Crippen LogP contribution in [0, 0.1) is 0 Å². The zero-order chi connectivity index (χ0) is 11.0. The highest BCUT2D eigenvalue weighted by Crippen LogP contribution is 2.37. The Kier molecular flexibility index (Phi) is 2.70. The van der Waals surface area contributed by atoms with Gasteiger partial charge < -0.3 is 10.0 Å². The van der Waals surface area contributed by atoms with Gasteiger partial charge >= 0.3 is 0 Å². The van der Waals surface area contributed by atoms with Crippen LogP contribution >= 0.6 is 0 Å². The van der Waals surface area contributed by atoms with Gasteiger partial charge in [-0.15, -0.1) is 0 Å². The van der Waals surface area contributed by atoms with Crippen molar-refractivity contribution >= 4 is 5.69 Å². The number of hydrogen-bond donors (Lipinski definition) is 1. The molecule has 0 amide bonds. The predicted molar refractivity (Wildman–Crippen MR) is 63.5 cm³/mol. The Bertz CT molecular complexity index is 360. The summed E-state index contributed by atoms with van der Waals surface area (Å²) >= 11 is 0. The molecule has 0 saturated heterocycles. The fourth-order valence-electron chi connectivity index (χ4n) is 2.56. The van der Waals surface area contributed by atoms with Gasteiger partial charge in [-0.1, -0.05) is 25.1 Å². The van der Waals surface area contributed by atoms with E-state index in [9.17, 15) is 5.11 Å². The van der Waals surface area contributed by atoms with Crippen molar-refractivity contribution in [1.29, 1.82) is 0 Å². The number of para-hydroxylation sites is 1. The second kappa shape index (κ2) is 3.86. The van der Waals surface area contributed by atoms with Crippen molar-refractivity contribution in [3.63, 3.8) is 0 Å². The number of benzene rings is 1. The van der Waals surface area contributed by atoms with E-state index in [4.69, 9.17) is 0 Å². The topological polar surface area (TPSA) is 23.5 Å². The SMILES string of the molecule is CC(O)Cc1cccc2c1N(C)CC2C.